The van der Waals surface area contributed by atoms with Gasteiger partial charge in [-0.25, -0.2) is 8.42 Å². The molecule has 1 unspecified atom stereocenters. The van der Waals surface area contributed by atoms with Crippen LogP contribution in [-0.2, 0) is 16.3 Å². The van der Waals surface area contributed by atoms with Crippen molar-refractivity contribution in [1.29, 1.82) is 0 Å². The van der Waals surface area contributed by atoms with Crippen LogP contribution in [0.3, 0.4) is 0 Å². The van der Waals surface area contributed by atoms with Crippen molar-refractivity contribution in [2.24, 2.45) is 5.84 Å². The van der Waals surface area contributed by atoms with Crippen molar-refractivity contribution < 1.29 is 8.42 Å². The summed E-state index contributed by atoms with van der Waals surface area (Å²) in [4.78, 5) is 0. The van der Waals surface area contributed by atoms with E-state index in [1.807, 2.05) is 30.3 Å². The zero-order valence-electron chi connectivity index (χ0n) is 9.39. The molecule has 0 saturated heterocycles. The highest BCUT2D eigenvalue weighted by molar-refractivity contribution is 7.90. The maximum absolute atomic E-state index is 11.0. The first-order valence-electron chi connectivity index (χ1n) is 5.19. The fourth-order valence-corrected chi connectivity index (χ4v) is 2.21. The Morgan fingerprint density at radius 3 is 2.44 bits per heavy atom. The second-order valence-electron chi connectivity index (χ2n) is 3.97. The van der Waals surface area contributed by atoms with Gasteiger partial charge in [0.1, 0.15) is 9.84 Å². The zero-order chi connectivity index (χ0) is 12.0. The van der Waals surface area contributed by atoms with E-state index >= 15 is 0 Å². The van der Waals surface area contributed by atoms with Crippen LogP contribution in [0.1, 0.15) is 12.0 Å². The lowest BCUT2D eigenvalue weighted by Crippen LogP contribution is -2.38. The first-order valence-corrected chi connectivity index (χ1v) is 7.25. The van der Waals surface area contributed by atoms with Gasteiger partial charge in [0.15, 0.2) is 0 Å². The summed E-state index contributed by atoms with van der Waals surface area (Å²) in [5.41, 5.74) is 3.81. The van der Waals surface area contributed by atoms with Crippen molar-refractivity contribution in [3.63, 3.8) is 0 Å². The summed E-state index contributed by atoms with van der Waals surface area (Å²) in [6.07, 6.45) is 2.51. The van der Waals surface area contributed by atoms with E-state index in [9.17, 15) is 8.42 Å². The lowest BCUT2D eigenvalue weighted by Gasteiger charge is -2.15. The molecule has 0 aliphatic rings. The molecular formula is C11H18N2O2S. The van der Waals surface area contributed by atoms with Crippen molar-refractivity contribution in [2.45, 2.75) is 18.9 Å². The molecule has 0 aromatic heterocycles. The summed E-state index contributed by atoms with van der Waals surface area (Å²) in [6.45, 7) is 0. The number of sulfone groups is 1. The van der Waals surface area contributed by atoms with Gasteiger partial charge in [-0.1, -0.05) is 30.3 Å². The predicted molar refractivity (Wildman–Crippen MR) is 65.6 cm³/mol. The van der Waals surface area contributed by atoms with Gasteiger partial charge in [-0.2, -0.15) is 0 Å². The van der Waals surface area contributed by atoms with Gasteiger partial charge in [0.05, 0.1) is 5.75 Å². The van der Waals surface area contributed by atoms with E-state index < -0.39 is 9.84 Å². The average molecular weight is 242 g/mol. The molecule has 1 aromatic rings. The summed E-state index contributed by atoms with van der Waals surface area (Å²) >= 11 is 0. The Labute approximate surface area is 96.7 Å². The SMILES string of the molecule is CS(=O)(=O)CCC(Cc1ccccc1)NN. The van der Waals surface area contributed by atoms with Gasteiger partial charge in [-0.05, 0) is 18.4 Å². The molecule has 0 aliphatic heterocycles. The van der Waals surface area contributed by atoms with E-state index in [1.165, 1.54) is 6.26 Å². The third kappa shape index (κ3) is 5.25. The minimum absolute atomic E-state index is 0.00266. The van der Waals surface area contributed by atoms with E-state index in [1.54, 1.807) is 0 Å². The highest BCUT2D eigenvalue weighted by atomic mass is 32.2. The molecule has 3 N–H and O–H groups in total. The van der Waals surface area contributed by atoms with Gasteiger partial charge < -0.3 is 0 Å². The Morgan fingerprint density at radius 2 is 1.94 bits per heavy atom. The summed E-state index contributed by atoms with van der Waals surface area (Å²) < 4.78 is 22.1. The minimum atomic E-state index is -2.92. The number of hydrogen-bond acceptors (Lipinski definition) is 4. The van der Waals surface area contributed by atoms with Gasteiger partial charge in [-0.15, -0.1) is 0 Å². The molecule has 0 spiro atoms. The second-order valence-corrected chi connectivity index (χ2v) is 6.23. The first-order chi connectivity index (χ1) is 7.51. The fourth-order valence-electron chi connectivity index (χ4n) is 1.50. The predicted octanol–water partition coefficient (Wildman–Crippen LogP) is 0.496. The van der Waals surface area contributed by atoms with Crippen molar-refractivity contribution in [1.82, 2.24) is 5.43 Å². The van der Waals surface area contributed by atoms with Crippen LogP contribution >= 0.6 is 0 Å². The molecule has 0 fully saturated rings. The minimum Gasteiger partial charge on any atom is -0.271 e. The van der Waals surface area contributed by atoms with Crippen molar-refractivity contribution in [3.8, 4) is 0 Å². The quantitative estimate of drug-likeness (QED) is 0.563. The summed E-state index contributed by atoms with van der Waals surface area (Å²) in [5.74, 6) is 5.57. The Kier molecular flexibility index (Phi) is 4.92. The molecule has 1 atom stereocenters. The maximum Gasteiger partial charge on any atom is 0.147 e. The highest BCUT2D eigenvalue weighted by Gasteiger charge is 2.11. The van der Waals surface area contributed by atoms with Gasteiger partial charge in [0, 0.05) is 12.3 Å². The van der Waals surface area contributed by atoms with Gasteiger partial charge in [0.25, 0.3) is 0 Å². The molecule has 0 saturated carbocycles. The topological polar surface area (TPSA) is 72.2 Å². The third-order valence-corrected chi connectivity index (χ3v) is 3.38. The molecule has 90 valence electrons. The zero-order valence-corrected chi connectivity index (χ0v) is 10.2. The molecule has 0 bridgehead atoms. The van der Waals surface area contributed by atoms with Crippen LogP contribution in [0.25, 0.3) is 0 Å². The number of hydrogen-bond donors (Lipinski definition) is 2. The van der Waals surface area contributed by atoms with Crippen molar-refractivity contribution in [2.75, 3.05) is 12.0 Å². The molecular weight excluding hydrogens is 224 g/mol. The van der Waals surface area contributed by atoms with Crippen LogP contribution < -0.4 is 11.3 Å². The standard InChI is InChI=1S/C11H18N2O2S/c1-16(14,15)8-7-11(13-12)9-10-5-3-2-4-6-10/h2-6,11,13H,7-9,12H2,1H3. The summed E-state index contributed by atoms with van der Waals surface area (Å²) in [6, 6.07) is 9.87. The number of hydrazine groups is 1. The Hall–Kier alpha value is -0.910. The number of benzene rings is 1. The third-order valence-electron chi connectivity index (χ3n) is 2.40. The normalized spacial score (nSPS) is 13.6. The fraction of sp³-hybridized carbons (Fsp3) is 0.455. The van der Waals surface area contributed by atoms with Crippen LogP contribution in [0.5, 0.6) is 0 Å². The van der Waals surface area contributed by atoms with Gasteiger partial charge in [0.2, 0.25) is 0 Å². The van der Waals surface area contributed by atoms with Gasteiger partial charge >= 0.3 is 0 Å². The maximum atomic E-state index is 11.0. The Morgan fingerprint density at radius 1 is 1.31 bits per heavy atom. The molecule has 5 heteroatoms. The number of nitrogens with one attached hydrogen (secondary N) is 1. The molecule has 1 aromatic carbocycles. The summed E-state index contributed by atoms with van der Waals surface area (Å²) in [7, 11) is -2.92. The molecule has 0 radical (unpaired) electrons. The van der Waals surface area contributed by atoms with E-state index in [0.717, 1.165) is 12.0 Å². The van der Waals surface area contributed by atoms with E-state index in [4.69, 9.17) is 5.84 Å². The van der Waals surface area contributed by atoms with E-state index in [0.29, 0.717) is 6.42 Å². The van der Waals surface area contributed by atoms with Crippen LogP contribution in [0, 0.1) is 0 Å². The molecule has 0 aliphatic carbocycles. The largest absolute Gasteiger partial charge is 0.271 e. The highest BCUT2D eigenvalue weighted by Crippen LogP contribution is 2.06. The monoisotopic (exact) mass is 242 g/mol. The summed E-state index contributed by atoms with van der Waals surface area (Å²) in [5, 5.41) is 0. The second kappa shape index (κ2) is 5.98. The average Bonchev–Trinajstić information content (AvgIpc) is 2.24. The van der Waals surface area contributed by atoms with E-state index in [-0.39, 0.29) is 11.8 Å². The number of nitrogens with two attached hydrogens (primary N) is 1. The lowest BCUT2D eigenvalue weighted by atomic mass is 10.0. The molecule has 16 heavy (non-hydrogen) atoms. The Balaban J connectivity index is 2.50. The Bertz CT molecular complexity index is 403. The number of rotatable bonds is 6. The molecule has 4 nitrogen and oxygen atoms in total. The van der Waals surface area contributed by atoms with Crippen LogP contribution in [0.2, 0.25) is 0 Å². The van der Waals surface area contributed by atoms with Gasteiger partial charge in [-0.3, -0.25) is 11.3 Å². The van der Waals surface area contributed by atoms with Crippen LogP contribution in [0.4, 0.5) is 0 Å². The molecule has 0 amide bonds. The smallest absolute Gasteiger partial charge is 0.147 e. The molecule has 0 heterocycles. The molecule has 1 rings (SSSR count). The van der Waals surface area contributed by atoms with E-state index in [2.05, 4.69) is 5.43 Å². The van der Waals surface area contributed by atoms with Crippen LogP contribution in [-0.4, -0.2) is 26.5 Å². The lowest BCUT2D eigenvalue weighted by molar-refractivity contribution is 0.506. The van der Waals surface area contributed by atoms with Crippen LogP contribution in [0.15, 0.2) is 30.3 Å². The first kappa shape index (κ1) is 13.2. The van der Waals surface area contributed by atoms with Crippen molar-refractivity contribution in [3.05, 3.63) is 35.9 Å². The van der Waals surface area contributed by atoms with Crippen molar-refractivity contribution >= 4 is 9.84 Å².